The predicted molar refractivity (Wildman–Crippen MR) is 56.2 cm³/mol. The van der Waals surface area contributed by atoms with Crippen molar-refractivity contribution < 1.29 is 24.9 Å². The van der Waals surface area contributed by atoms with Crippen molar-refractivity contribution in [3.63, 3.8) is 0 Å². The molecule has 0 radical (unpaired) electrons. The fourth-order valence-corrected chi connectivity index (χ4v) is 0.569. The number of carbonyl (C=O) groups excluding carboxylic acids is 1. The third kappa shape index (κ3) is 7.07. The van der Waals surface area contributed by atoms with Gasteiger partial charge in [-0.25, -0.2) is 4.79 Å². The second-order valence-corrected chi connectivity index (χ2v) is 3.06. The molecule has 0 atom stereocenters. The van der Waals surface area contributed by atoms with Crippen LogP contribution < -0.4 is 0 Å². The lowest BCUT2D eigenvalue weighted by molar-refractivity contribution is -0.134. The summed E-state index contributed by atoms with van der Waals surface area (Å²) in [5, 5.41) is 26.0. The number of hydrogen-bond acceptors (Lipinski definition) is 5. The highest BCUT2D eigenvalue weighted by Gasteiger charge is 2.24. The third-order valence-electron chi connectivity index (χ3n) is 2.12. The van der Waals surface area contributed by atoms with Crippen LogP contribution in [-0.4, -0.2) is 48.2 Å². The third-order valence-corrected chi connectivity index (χ3v) is 2.12. The average Bonchev–Trinajstić information content (AvgIpc) is 2.32. The number of aliphatic hydroxyl groups excluding tert-OH is 3. The van der Waals surface area contributed by atoms with E-state index in [0.717, 1.165) is 6.08 Å². The van der Waals surface area contributed by atoms with E-state index in [4.69, 9.17) is 15.3 Å². The normalized spacial score (nSPS) is 9.93. The van der Waals surface area contributed by atoms with Gasteiger partial charge in [-0.15, -0.1) is 0 Å². The SMILES string of the molecule is C=CC(=O)OC.CCC(CO)(CO)CO. The predicted octanol–water partition coefficient (Wildman–Crippen LogP) is -0.295. The van der Waals surface area contributed by atoms with Crippen molar-refractivity contribution in [2.45, 2.75) is 13.3 Å². The monoisotopic (exact) mass is 220 g/mol. The summed E-state index contributed by atoms with van der Waals surface area (Å²) in [7, 11) is 1.31. The topological polar surface area (TPSA) is 87.0 Å². The van der Waals surface area contributed by atoms with Crippen LogP contribution in [0.15, 0.2) is 12.7 Å². The van der Waals surface area contributed by atoms with E-state index < -0.39 is 11.4 Å². The zero-order chi connectivity index (χ0) is 12.3. The van der Waals surface area contributed by atoms with Gasteiger partial charge in [0.15, 0.2) is 0 Å². The first-order valence-electron chi connectivity index (χ1n) is 4.58. The highest BCUT2D eigenvalue weighted by Crippen LogP contribution is 2.18. The van der Waals surface area contributed by atoms with Crippen molar-refractivity contribution in [3.8, 4) is 0 Å². The summed E-state index contributed by atoms with van der Waals surface area (Å²) in [5.41, 5.74) is -0.667. The van der Waals surface area contributed by atoms with Gasteiger partial charge in [0, 0.05) is 11.5 Å². The van der Waals surface area contributed by atoms with Crippen molar-refractivity contribution >= 4 is 5.97 Å². The molecule has 5 heteroatoms. The van der Waals surface area contributed by atoms with E-state index in [2.05, 4.69) is 11.3 Å². The summed E-state index contributed by atoms with van der Waals surface area (Å²) < 4.78 is 4.14. The van der Waals surface area contributed by atoms with E-state index in [1.165, 1.54) is 7.11 Å². The van der Waals surface area contributed by atoms with Crippen LogP contribution in [0.4, 0.5) is 0 Å². The molecule has 0 aliphatic carbocycles. The van der Waals surface area contributed by atoms with Gasteiger partial charge in [0.25, 0.3) is 0 Å². The Hall–Kier alpha value is -0.910. The molecule has 0 bridgehead atoms. The second kappa shape index (κ2) is 9.64. The van der Waals surface area contributed by atoms with Gasteiger partial charge in [-0.3, -0.25) is 0 Å². The maximum Gasteiger partial charge on any atom is 0.329 e. The maximum atomic E-state index is 9.84. The molecule has 0 spiro atoms. The molecule has 0 heterocycles. The largest absolute Gasteiger partial charge is 0.466 e. The summed E-state index contributed by atoms with van der Waals surface area (Å²) in [5.74, 6) is -0.394. The Labute approximate surface area is 90.0 Å². The van der Waals surface area contributed by atoms with Crippen molar-refractivity contribution in [2.24, 2.45) is 5.41 Å². The lowest BCUT2D eigenvalue weighted by Gasteiger charge is -2.24. The average molecular weight is 220 g/mol. The summed E-state index contributed by atoms with van der Waals surface area (Å²) >= 11 is 0. The molecule has 0 aromatic heterocycles. The number of carbonyl (C=O) groups is 1. The summed E-state index contributed by atoms with van der Waals surface area (Å²) in [4.78, 5) is 9.84. The Morgan fingerprint density at radius 1 is 1.33 bits per heavy atom. The molecule has 5 nitrogen and oxygen atoms in total. The zero-order valence-electron chi connectivity index (χ0n) is 9.27. The van der Waals surface area contributed by atoms with Gasteiger partial charge in [0.1, 0.15) is 0 Å². The number of ether oxygens (including phenoxy) is 1. The Morgan fingerprint density at radius 3 is 1.73 bits per heavy atom. The first-order chi connectivity index (χ1) is 7.05. The molecule has 0 aromatic carbocycles. The first-order valence-corrected chi connectivity index (χ1v) is 4.58. The van der Waals surface area contributed by atoms with E-state index in [1.54, 1.807) is 0 Å². The Bertz CT molecular complexity index is 157. The molecule has 0 rings (SSSR count). The highest BCUT2D eigenvalue weighted by atomic mass is 16.5. The molecule has 90 valence electrons. The van der Waals surface area contributed by atoms with Crippen molar-refractivity contribution in [1.29, 1.82) is 0 Å². The van der Waals surface area contributed by atoms with Gasteiger partial charge in [0.05, 0.1) is 26.9 Å². The molecule has 0 saturated heterocycles. The first kappa shape index (κ1) is 16.5. The van der Waals surface area contributed by atoms with Gasteiger partial charge < -0.3 is 20.1 Å². The molecule has 0 unspecified atom stereocenters. The molecule has 0 aliphatic heterocycles. The second-order valence-electron chi connectivity index (χ2n) is 3.06. The minimum Gasteiger partial charge on any atom is -0.466 e. The molecule has 0 amide bonds. The molecular weight excluding hydrogens is 200 g/mol. The van der Waals surface area contributed by atoms with Crippen LogP contribution in [0.5, 0.6) is 0 Å². The van der Waals surface area contributed by atoms with Crippen molar-refractivity contribution in [2.75, 3.05) is 26.9 Å². The van der Waals surface area contributed by atoms with Crippen LogP contribution in [0, 0.1) is 5.41 Å². The van der Waals surface area contributed by atoms with E-state index in [0.29, 0.717) is 6.42 Å². The van der Waals surface area contributed by atoms with Crippen LogP contribution in [-0.2, 0) is 9.53 Å². The fourth-order valence-electron chi connectivity index (χ4n) is 0.569. The number of methoxy groups -OCH3 is 1. The Morgan fingerprint density at radius 2 is 1.73 bits per heavy atom. The quantitative estimate of drug-likeness (QED) is 0.437. The zero-order valence-corrected chi connectivity index (χ0v) is 9.27. The standard InChI is InChI=1S/C6H14O3.C4H6O2/c1-2-6(3-7,4-8)5-9;1-3-4(5)6-2/h7-9H,2-5H2,1H3;3H,1H2,2H3. The van der Waals surface area contributed by atoms with E-state index in [9.17, 15) is 4.79 Å². The molecule has 3 N–H and O–H groups in total. The fraction of sp³-hybridized carbons (Fsp3) is 0.700. The van der Waals surface area contributed by atoms with Crippen molar-refractivity contribution in [1.82, 2.24) is 0 Å². The smallest absolute Gasteiger partial charge is 0.329 e. The Kier molecular flexibility index (Phi) is 10.6. The van der Waals surface area contributed by atoms with Gasteiger partial charge in [0.2, 0.25) is 0 Å². The molecule has 0 fully saturated rings. The van der Waals surface area contributed by atoms with Gasteiger partial charge >= 0.3 is 5.97 Å². The summed E-state index contributed by atoms with van der Waals surface area (Å²) in [6.07, 6.45) is 1.70. The van der Waals surface area contributed by atoms with E-state index >= 15 is 0 Å². The number of hydrogen-bond donors (Lipinski definition) is 3. The van der Waals surface area contributed by atoms with Gasteiger partial charge in [-0.05, 0) is 6.42 Å². The molecular formula is C10H20O5. The van der Waals surface area contributed by atoms with Crippen molar-refractivity contribution in [3.05, 3.63) is 12.7 Å². The van der Waals surface area contributed by atoms with Crippen LogP contribution in [0.25, 0.3) is 0 Å². The van der Waals surface area contributed by atoms with Crippen LogP contribution in [0.2, 0.25) is 0 Å². The molecule has 0 aromatic rings. The lowest BCUT2D eigenvalue weighted by atomic mass is 9.88. The number of aliphatic hydroxyl groups is 3. The van der Waals surface area contributed by atoms with E-state index in [-0.39, 0.29) is 19.8 Å². The number of rotatable bonds is 5. The minimum absolute atomic E-state index is 0.156. The van der Waals surface area contributed by atoms with E-state index in [1.807, 2.05) is 6.92 Å². The van der Waals surface area contributed by atoms with Crippen LogP contribution in [0.3, 0.4) is 0 Å². The van der Waals surface area contributed by atoms with Gasteiger partial charge in [-0.2, -0.15) is 0 Å². The summed E-state index contributed by atoms with van der Waals surface area (Å²) in [6.45, 7) is 4.51. The highest BCUT2D eigenvalue weighted by molar-refractivity contribution is 5.80. The molecule has 0 saturated carbocycles. The Balaban J connectivity index is 0. The summed E-state index contributed by atoms with van der Waals surface area (Å²) in [6, 6.07) is 0. The van der Waals surface area contributed by atoms with Crippen LogP contribution in [0.1, 0.15) is 13.3 Å². The lowest BCUT2D eigenvalue weighted by Crippen LogP contribution is -2.32. The maximum absolute atomic E-state index is 9.84. The van der Waals surface area contributed by atoms with Gasteiger partial charge in [-0.1, -0.05) is 13.5 Å². The van der Waals surface area contributed by atoms with Crippen LogP contribution >= 0.6 is 0 Å². The number of esters is 1. The molecule has 15 heavy (non-hydrogen) atoms. The molecule has 0 aliphatic rings. The minimum atomic E-state index is -0.667.